The van der Waals surface area contributed by atoms with Gasteiger partial charge >= 0.3 is 5.97 Å². The molecule has 40 heavy (non-hydrogen) atoms. The summed E-state index contributed by atoms with van der Waals surface area (Å²) in [4.78, 5) is 41.4. The number of nitrogens with one attached hydrogen (secondary N) is 2. The molecule has 2 amide bonds. The van der Waals surface area contributed by atoms with E-state index in [2.05, 4.69) is 10.6 Å². The second kappa shape index (κ2) is 12.5. The van der Waals surface area contributed by atoms with Gasteiger partial charge in [-0.1, -0.05) is 54.6 Å². The van der Waals surface area contributed by atoms with E-state index >= 15 is 0 Å². The van der Waals surface area contributed by atoms with Crippen LogP contribution in [0.5, 0.6) is 0 Å². The van der Waals surface area contributed by atoms with Crippen LogP contribution in [0.3, 0.4) is 0 Å². The predicted molar refractivity (Wildman–Crippen MR) is 162 cm³/mol. The number of thioether (sulfide) groups is 1. The largest absolute Gasteiger partial charge is 0.465 e. The number of ether oxygens (including phenoxy) is 1. The van der Waals surface area contributed by atoms with Gasteiger partial charge in [-0.25, -0.2) is 4.79 Å². The zero-order valence-electron chi connectivity index (χ0n) is 22.4. The van der Waals surface area contributed by atoms with Crippen molar-refractivity contribution in [3.05, 3.63) is 112 Å². The smallest absolute Gasteiger partial charge is 0.341 e. The van der Waals surface area contributed by atoms with Gasteiger partial charge in [0.25, 0.3) is 5.91 Å². The van der Waals surface area contributed by atoms with Crippen molar-refractivity contribution in [1.82, 2.24) is 0 Å². The molecule has 1 aliphatic carbocycles. The highest BCUT2D eigenvalue weighted by Gasteiger charge is 2.29. The fourth-order valence-corrected chi connectivity index (χ4v) is 7.22. The standard InChI is InChI=1S/C32H30N2O4S2/c1-20-11-6-7-16-24(20)29(35)33-22-14-10-15-23(19-22)39-28(21-12-4-3-5-13-21)30(36)34-31-27(32(37)38-2)25-17-8-9-18-26(25)40-31/h3-7,10-16,19,28H,8-9,17-18H2,1-2H3,(H,33,35)(H,34,36). The van der Waals surface area contributed by atoms with Crippen molar-refractivity contribution >= 4 is 51.6 Å². The topological polar surface area (TPSA) is 84.5 Å². The average Bonchev–Trinajstić information content (AvgIpc) is 3.34. The molecule has 0 spiro atoms. The first-order valence-corrected chi connectivity index (χ1v) is 14.9. The van der Waals surface area contributed by atoms with Crippen molar-refractivity contribution in [1.29, 1.82) is 0 Å². The van der Waals surface area contributed by atoms with E-state index in [0.717, 1.165) is 52.1 Å². The highest BCUT2D eigenvalue weighted by molar-refractivity contribution is 8.00. The highest BCUT2D eigenvalue weighted by Crippen LogP contribution is 2.41. The molecule has 1 atom stereocenters. The number of fused-ring (bicyclic) bond motifs is 1. The molecular formula is C32H30N2O4S2. The maximum absolute atomic E-state index is 13.8. The lowest BCUT2D eigenvalue weighted by atomic mass is 9.95. The van der Waals surface area contributed by atoms with Crippen molar-refractivity contribution in [3.63, 3.8) is 0 Å². The number of amides is 2. The fourth-order valence-electron chi connectivity index (χ4n) is 4.86. The summed E-state index contributed by atoms with van der Waals surface area (Å²) < 4.78 is 5.08. The van der Waals surface area contributed by atoms with Gasteiger partial charge in [0.2, 0.25) is 5.91 Å². The lowest BCUT2D eigenvalue weighted by Gasteiger charge is -2.18. The number of rotatable bonds is 8. The van der Waals surface area contributed by atoms with Gasteiger partial charge in [0.05, 0.1) is 12.7 Å². The fraction of sp³-hybridized carbons (Fsp3) is 0.219. The van der Waals surface area contributed by atoms with E-state index in [1.807, 2.05) is 79.7 Å². The second-order valence-electron chi connectivity index (χ2n) is 9.60. The van der Waals surface area contributed by atoms with Gasteiger partial charge in [-0.05, 0) is 73.6 Å². The Bertz CT molecular complexity index is 1550. The number of thiophene rings is 1. The Balaban J connectivity index is 1.40. The number of methoxy groups -OCH3 is 1. The summed E-state index contributed by atoms with van der Waals surface area (Å²) in [6.45, 7) is 1.90. The molecule has 4 aromatic rings. The lowest BCUT2D eigenvalue weighted by molar-refractivity contribution is -0.115. The maximum Gasteiger partial charge on any atom is 0.341 e. The van der Waals surface area contributed by atoms with Crippen molar-refractivity contribution in [2.75, 3.05) is 17.7 Å². The van der Waals surface area contributed by atoms with E-state index in [1.54, 1.807) is 6.07 Å². The Morgan fingerprint density at radius 3 is 2.42 bits per heavy atom. The zero-order chi connectivity index (χ0) is 28.1. The molecule has 0 saturated carbocycles. The third-order valence-electron chi connectivity index (χ3n) is 6.87. The average molecular weight is 571 g/mol. The highest BCUT2D eigenvalue weighted by atomic mass is 32.2. The summed E-state index contributed by atoms with van der Waals surface area (Å²) >= 11 is 2.86. The number of anilines is 2. The van der Waals surface area contributed by atoms with Crippen LogP contribution >= 0.6 is 23.1 Å². The third-order valence-corrected chi connectivity index (χ3v) is 9.33. The van der Waals surface area contributed by atoms with Gasteiger partial charge in [-0.3, -0.25) is 9.59 Å². The van der Waals surface area contributed by atoms with Gasteiger partial charge < -0.3 is 15.4 Å². The van der Waals surface area contributed by atoms with Crippen molar-refractivity contribution in [3.8, 4) is 0 Å². The van der Waals surface area contributed by atoms with E-state index in [1.165, 1.54) is 30.2 Å². The summed E-state index contributed by atoms with van der Waals surface area (Å²) in [7, 11) is 1.37. The molecule has 1 heterocycles. The molecule has 2 N–H and O–H groups in total. The Kier molecular flexibility index (Phi) is 8.67. The van der Waals surface area contributed by atoms with Crippen LogP contribution in [0.4, 0.5) is 10.7 Å². The molecule has 5 rings (SSSR count). The first-order valence-electron chi connectivity index (χ1n) is 13.2. The number of esters is 1. The van der Waals surface area contributed by atoms with E-state index in [0.29, 0.717) is 21.8 Å². The normalized spacial score (nSPS) is 13.2. The lowest BCUT2D eigenvalue weighted by Crippen LogP contribution is -2.20. The third kappa shape index (κ3) is 6.13. The van der Waals surface area contributed by atoms with Crippen LogP contribution in [0.15, 0.2) is 83.8 Å². The summed E-state index contributed by atoms with van der Waals surface area (Å²) in [6.07, 6.45) is 3.79. The van der Waals surface area contributed by atoms with Crippen LogP contribution < -0.4 is 10.6 Å². The minimum absolute atomic E-state index is 0.186. The summed E-state index contributed by atoms with van der Waals surface area (Å²) in [5.74, 6) is -0.834. The zero-order valence-corrected chi connectivity index (χ0v) is 24.0. The van der Waals surface area contributed by atoms with Gasteiger partial charge in [0.15, 0.2) is 0 Å². The summed E-state index contributed by atoms with van der Waals surface area (Å²) in [5.41, 5.74) is 4.47. The second-order valence-corrected chi connectivity index (χ2v) is 11.9. The Hall–Kier alpha value is -3.88. The number of hydrogen-bond donors (Lipinski definition) is 2. The number of hydrogen-bond acceptors (Lipinski definition) is 6. The Morgan fingerprint density at radius 1 is 0.900 bits per heavy atom. The number of benzene rings is 3. The van der Waals surface area contributed by atoms with Crippen molar-refractivity contribution in [2.45, 2.75) is 42.8 Å². The molecule has 0 fully saturated rings. The quantitative estimate of drug-likeness (QED) is 0.170. The van der Waals surface area contributed by atoms with Crippen LogP contribution in [0.25, 0.3) is 0 Å². The number of carbonyl (C=O) groups excluding carboxylic acids is 3. The Morgan fingerprint density at radius 2 is 1.65 bits per heavy atom. The first-order chi connectivity index (χ1) is 19.4. The van der Waals surface area contributed by atoms with Crippen LogP contribution in [0.2, 0.25) is 0 Å². The van der Waals surface area contributed by atoms with Gasteiger partial charge in [-0.15, -0.1) is 23.1 Å². The van der Waals surface area contributed by atoms with E-state index in [9.17, 15) is 14.4 Å². The summed E-state index contributed by atoms with van der Waals surface area (Å²) in [6, 6.07) is 24.5. The number of carbonyl (C=O) groups is 3. The Labute approximate surface area is 242 Å². The molecule has 0 saturated heterocycles. The molecule has 0 aliphatic heterocycles. The monoisotopic (exact) mass is 570 g/mol. The molecule has 6 nitrogen and oxygen atoms in total. The van der Waals surface area contributed by atoms with E-state index < -0.39 is 11.2 Å². The molecule has 1 unspecified atom stereocenters. The van der Waals surface area contributed by atoms with Gasteiger partial charge in [0, 0.05) is 21.0 Å². The molecule has 8 heteroatoms. The molecule has 204 valence electrons. The van der Waals surface area contributed by atoms with E-state index in [-0.39, 0.29) is 11.8 Å². The minimum Gasteiger partial charge on any atom is -0.465 e. The van der Waals surface area contributed by atoms with Crippen LogP contribution in [0.1, 0.15) is 60.4 Å². The van der Waals surface area contributed by atoms with E-state index in [4.69, 9.17) is 4.74 Å². The van der Waals surface area contributed by atoms with Crippen molar-refractivity contribution < 1.29 is 19.1 Å². The SMILES string of the molecule is COC(=O)c1c(NC(=O)C(Sc2cccc(NC(=O)c3ccccc3C)c2)c2ccccc2)sc2c1CCCC2. The maximum atomic E-state index is 13.8. The molecule has 1 aliphatic rings. The van der Waals surface area contributed by atoms with Crippen LogP contribution in [-0.4, -0.2) is 24.9 Å². The minimum atomic E-state index is -0.590. The number of aryl methyl sites for hydroxylation is 2. The van der Waals surface area contributed by atoms with Crippen LogP contribution in [-0.2, 0) is 22.4 Å². The summed E-state index contributed by atoms with van der Waals surface area (Å²) in [5, 5.41) is 5.99. The molecular weight excluding hydrogens is 540 g/mol. The first kappa shape index (κ1) is 27.7. The van der Waals surface area contributed by atoms with Gasteiger partial charge in [-0.2, -0.15) is 0 Å². The molecule has 0 bridgehead atoms. The van der Waals surface area contributed by atoms with Gasteiger partial charge in [0.1, 0.15) is 10.3 Å². The molecule has 3 aromatic carbocycles. The predicted octanol–water partition coefficient (Wildman–Crippen LogP) is 7.45. The molecule has 1 aromatic heterocycles. The van der Waals surface area contributed by atoms with Crippen molar-refractivity contribution in [2.24, 2.45) is 0 Å². The molecule has 0 radical (unpaired) electrons. The van der Waals surface area contributed by atoms with Crippen LogP contribution in [0, 0.1) is 6.92 Å².